The molecule has 1 aliphatic carbocycles. The molecule has 1 spiro atoms. The summed E-state index contributed by atoms with van der Waals surface area (Å²) < 4.78 is 0. The number of hydrogen-bond acceptors (Lipinski definition) is 2. The van der Waals surface area contributed by atoms with Crippen molar-refractivity contribution in [2.24, 2.45) is 10.9 Å². The summed E-state index contributed by atoms with van der Waals surface area (Å²) in [4.78, 5) is 7.81. The molecule has 1 saturated carbocycles. The Labute approximate surface area is 114 Å². The van der Waals surface area contributed by atoms with Crippen LogP contribution in [0.1, 0.15) is 37.7 Å². The average Bonchev–Trinajstić information content (AvgIpc) is 3.00. The Morgan fingerprint density at radius 1 is 1.16 bits per heavy atom. The lowest BCUT2D eigenvalue weighted by Gasteiger charge is -2.48. The zero-order valence-corrected chi connectivity index (χ0v) is 11.3. The van der Waals surface area contributed by atoms with Crippen LogP contribution in [0.3, 0.4) is 0 Å². The number of nitrogens with zero attached hydrogens (tertiary/aromatic N) is 2. The van der Waals surface area contributed by atoms with E-state index in [0.717, 1.165) is 12.0 Å². The summed E-state index contributed by atoms with van der Waals surface area (Å²) in [5.41, 5.74) is 4.63. The molecule has 0 bridgehead atoms. The average molecular weight is 252 g/mol. The number of piperidine rings is 1. The van der Waals surface area contributed by atoms with Crippen molar-refractivity contribution in [1.82, 2.24) is 4.90 Å². The van der Waals surface area contributed by atoms with Gasteiger partial charge in [0.2, 0.25) is 0 Å². The molecule has 0 aromatic heterocycles. The van der Waals surface area contributed by atoms with E-state index in [4.69, 9.17) is 4.99 Å². The molecule has 0 radical (unpaired) electrons. The van der Waals surface area contributed by atoms with Crippen LogP contribution in [0.4, 0.5) is 5.69 Å². The van der Waals surface area contributed by atoms with E-state index in [1.165, 1.54) is 56.6 Å². The molecule has 3 aliphatic heterocycles. The Bertz CT molecular complexity index is 576. The lowest BCUT2D eigenvalue weighted by Crippen LogP contribution is -2.55. The topological polar surface area (TPSA) is 15.6 Å². The lowest BCUT2D eigenvalue weighted by atomic mass is 9.60. The second kappa shape index (κ2) is 3.49. The molecular formula is C17H20N2. The Morgan fingerprint density at radius 2 is 2.11 bits per heavy atom. The summed E-state index contributed by atoms with van der Waals surface area (Å²) in [6, 6.07) is 9.68. The van der Waals surface area contributed by atoms with Gasteiger partial charge in [-0.15, -0.1) is 0 Å². The third-order valence-electron chi connectivity index (χ3n) is 6.07. The van der Waals surface area contributed by atoms with Gasteiger partial charge < -0.3 is 0 Å². The van der Waals surface area contributed by atoms with Crippen molar-refractivity contribution in [3.8, 4) is 0 Å². The maximum atomic E-state index is 5.02. The van der Waals surface area contributed by atoms with E-state index in [1.54, 1.807) is 5.56 Å². The summed E-state index contributed by atoms with van der Waals surface area (Å²) in [5, 5.41) is 0. The Morgan fingerprint density at radius 3 is 3.11 bits per heavy atom. The minimum absolute atomic E-state index is 0.305. The molecule has 1 aromatic rings. The van der Waals surface area contributed by atoms with Crippen LogP contribution in [0.2, 0.25) is 0 Å². The number of aliphatic imine (C=N–C) groups is 1. The van der Waals surface area contributed by atoms with Crippen molar-refractivity contribution >= 4 is 11.4 Å². The summed E-state index contributed by atoms with van der Waals surface area (Å²) in [7, 11) is 0. The van der Waals surface area contributed by atoms with Crippen LogP contribution < -0.4 is 0 Å². The fraction of sp³-hybridized carbons (Fsp3) is 0.588. The van der Waals surface area contributed by atoms with Gasteiger partial charge in [0.1, 0.15) is 0 Å². The molecule has 2 saturated heterocycles. The van der Waals surface area contributed by atoms with Crippen LogP contribution in [-0.2, 0) is 5.41 Å². The molecule has 0 amide bonds. The summed E-state index contributed by atoms with van der Waals surface area (Å²) in [6.07, 6.45) is 6.77. The molecule has 2 nitrogen and oxygen atoms in total. The van der Waals surface area contributed by atoms with Gasteiger partial charge in [0.15, 0.2) is 0 Å². The predicted octanol–water partition coefficient (Wildman–Crippen LogP) is 3.29. The largest absolute Gasteiger partial charge is 0.299 e. The smallest absolute Gasteiger partial charge is 0.0671 e. The normalized spacial score (nSPS) is 39.5. The maximum Gasteiger partial charge on any atom is 0.0671 e. The fourth-order valence-corrected chi connectivity index (χ4v) is 5.45. The SMILES string of the molecule is c1ccc2c(c1)N=C1CC[C@@H]3CCCN4CC[C@]12[C@@H]34. The number of fused-ring (bicyclic) bond motifs is 1. The summed E-state index contributed by atoms with van der Waals surface area (Å²) >= 11 is 0. The van der Waals surface area contributed by atoms with E-state index in [1.807, 2.05) is 0 Å². The quantitative estimate of drug-likeness (QED) is 0.692. The van der Waals surface area contributed by atoms with E-state index in [-0.39, 0.29) is 0 Å². The highest BCUT2D eigenvalue weighted by atomic mass is 15.2. The molecule has 19 heavy (non-hydrogen) atoms. The van der Waals surface area contributed by atoms with Crippen molar-refractivity contribution in [2.45, 2.75) is 43.6 Å². The van der Waals surface area contributed by atoms with Crippen molar-refractivity contribution in [1.29, 1.82) is 0 Å². The van der Waals surface area contributed by atoms with Gasteiger partial charge in [-0.1, -0.05) is 18.2 Å². The van der Waals surface area contributed by atoms with Gasteiger partial charge >= 0.3 is 0 Å². The molecule has 3 fully saturated rings. The van der Waals surface area contributed by atoms with Crippen LogP contribution in [0.15, 0.2) is 29.3 Å². The molecule has 98 valence electrons. The van der Waals surface area contributed by atoms with Crippen LogP contribution in [-0.4, -0.2) is 29.7 Å². The fourth-order valence-electron chi connectivity index (χ4n) is 5.45. The van der Waals surface area contributed by atoms with Crippen molar-refractivity contribution in [3.63, 3.8) is 0 Å². The highest BCUT2D eigenvalue weighted by Crippen LogP contribution is 2.57. The molecule has 4 aliphatic rings. The molecular weight excluding hydrogens is 232 g/mol. The molecule has 2 heteroatoms. The van der Waals surface area contributed by atoms with E-state index in [0.29, 0.717) is 5.41 Å². The van der Waals surface area contributed by atoms with Crippen molar-refractivity contribution < 1.29 is 0 Å². The molecule has 3 heterocycles. The third-order valence-corrected chi connectivity index (χ3v) is 6.07. The van der Waals surface area contributed by atoms with Crippen molar-refractivity contribution in [3.05, 3.63) is 29.8 Å². The molecule has 1 aromatic carbocycles. The van der Waals surface area contributed by atoms with Crippen molar-refractivity contribution in [2.75, 3.05) is 13.1 Å². The standard InChI is InChI=1S/C17H20N2/c1-2-6-14-13(5-1)17-9-11-19-10-3-4-12(16(17)19)7-8-15(17)18-14/h1-2,5-6,12,16H,3-4,7-11H2/t12-,16+,17+/m0/s1. The van der Waals surface area contributed by atoms with Gasteiger partial charge in [-0.2, -0.15) is 0 Å². The van der Waals surface area contributed by atoms with Crippen LogP contribution in [0, 0.1) is 5.92 Å². The van der Waals surface area contributed by atoms with Gasteiger partial charge in [-0.3, -0.25) is 9.89 Å². The van der Waals surface area contributed by atoms with E-state index in [2.05, 4.69) is 29.2 Å². The zero-order valence-electron chi connectivity index (χ0n) is 11.3. The highest BCUT2D eigenvalue weighted by molar-refractivity contribution is 6.03. The van der Waals surface area contributed by atoms with Gasteiger partial charge in [0.05, 0.1) is 11.1 Å². The Balaban J connectivity index is 1.74. The number of rotatable bonds is 0. The van der Waals surface area contributed by atoms with Crippen LogP contribution in [0.25, 0.3) is 0 Å². The molecule has 5 rings (SSSR count). The number of hydrogen-bond donors (Lipinski definition) is 0. The third kappa shape index (κ3) is 1.15. The van der Waals surface area contributed by atoms with Gasteiger partial charge in [-0.05, 0) is 62.7 Å². The zero-order chi connectivity index (χ0) is 12.4. The summed E-state index contributed by atoms with van der Waals surface area (Å²) in [6.45, 7) is 2.60. The number of benzene rings is 1. The Kier molecular flexibility index (Phi) is 1.95. The maximum absolute atomic E-state index is 5.02. The first-order valence-corrected chi connectivity index (χ1v) is 7.81. The minimum atomic E-state index is 0.305. The first kappa shape index (κ1) is 10.6. The molecule has 0 unspecified atom stereocenters. The number of para-hydroxylation sites is 1. The lowest BCUT2D eigenvalue weighted by molar-refractivity contribution is 0.0983. The van der Waals surface area contributed by atoms with E-state index in [9.17, 15) is 0 Å². The van der Waals surface area contributed by atoms with Gasteiger partial charge in [-0.25, -0.2) is 0 Å². The van der Waals surface area contributed by atoms with Gasteiger partial charge in [0.25, 0.3) is 0 Å². The molecule has 3 atom stereocenters. The minimum Gasteiger partial charge on any atom is -0.299 e. The second-order valence-electron chi connectivity index (χ2n) is 6.72. The molecule has 0 N–H and O–H groups in total. The Hall–Kier alpha value is -1.15. The van der Waals surface area contributed by atoms with Crippen LogP contribution >= 0.6 is 0 Å². The first-order valence-electron chi connectivity index (χ1n) is 7.81. The van der Waals surface area contributed by atoms with E-state index < -0.39 is 0 Å². The first-order chi connectivity index (χ1) is 9.39. The monoisotopic (exact) mass is 252 g/mol. The summed E-state index contributed by atoms with van der Waals surface area (Å²) in [5.74, 6) is 0.918. The van der Waals surface area contributed by atoms with E-state index >= 15 is 0 Å². The predicted molar refractivity (Wildman–Crippen MR) is 77.2 cm³/mol. The highest BCUT2D eigenvalue weighted by Gasteiger charge is 2.59. The van der Waals surface area contributed by atoms with Crippen LogP contribution in [0.5, 0.6) is 0 Å². The van der Waals surface area contributed by atoms with Gasteiger partial charge in [0, 0.05) is 11.8 Å². The second-order valence-corrected chi connectivity index (χ2v) is 6.72.